The zero-order valence-corrected chi connectivity index (χ0v) is 9.36. The summed E-state index contributed by atoms with van der Waals surface area (Å²) in [4.78, 5) is 21.9. The molecule has 17 heavy (non-hydrogen) atoms. The zero-order chi connectivity index (χ0) is 12.3. The number of rotatable bonds is 3. The van der Waals surface area contributed by atoms with Crippen LogP contribution < -0.4 is 0 Å². The van der Waals surface area contributed by atoms with E-state index < -0.39 is 0 Å². The summed E-state index contributed by atoms with van der Waals surface area (Å²) in [6.45, 7) is 9.03. The van der Waals surface area contributed by atoms with E-state index in [0.29, 0.717) is 18.1 Å². The maximum Gasteiger partial charge on any atom is 0.313 e. The van der Waals surface area contributed by atoms with Crippen molar-refractivity contribution >= 4 is 22.7 Å². The minimum Gasteiger partial charge on any atom is -0.466 e. The molecule has 2 aromatic rings. The Hall–Kier alpha value is -2.35. The van der Waals surface area contributed by atoms with Gasteiger partial charge in [-0.2, -0.15) is 0 Å². The highest BCUT2D eigenvalue weighted by Crippen LogP contribution is 2.19. The van der Waals surface area contributed by atoms with Gasteiger partial charge in [-0.3, -0.25) is 4.79 Å². The third kappa shape index (κ3) is 2.42. The first-order valence-corrected chi connectivity index (χ1v) is 5.24. The molecule has 0 aliphatic rings. The number of carbonyl (C=O) groups excluding carboxylic acids is 1. The molecule has 0 bridgehead atoms. The molecule has 0 amide bonds. The summed E-state index contributed by atoms with van der Waals surface area (Å²) in [6.07, 6.45) is 0.121. The van der Waals surface area contributed by atoms with Gasteiger partial charge in [-0.25, -0.2) is 9.83 Å². The summed E-state index contributed by atoms with van der Waals surface area (Å²) in [5.74, 6) is 0.248. The van der Waals surface area contributed by atoms with Crippen molar-refractivity contribution in [3.05, 3.63) is 35.4 Å². The fraction of sp³-hybridized carbons (Fsp3) is 0.250. The lowest BCUT2D eigenvalue weighted by molar-refractivity contribution is -0.142. The van der Waals surface area contributed by atoms with Crippen LogP contribution in [0.4, 0.5) is 5.69 Å². The van der Waals surface area contributed by atoms with Crippen molar-refractivity contribution in [2.24, 2.45) is 0 Å². The first-order valence-electron chi connectivity index (χ1n) is 5.24. The van der Waals surface area contributed by atoms with Crippen LogP contribution in [0.15, 0.2) is 18.2 Å². The van der Waals surface area contributed by atoms with Crippen molar-refractivity contribution in [2.45, 2.75) is 13.3 Å². The lowest BCUT2D eigenvalue weighted by Gasteiger charge is -1.97. The van der Waals surface area contributed by atoms with E-state index in [4.69, 9.17) is 11.3 Å². The molecule has 1 aromatic carbocycles. The average Bonchev–Trinajstić information content (AvgIpc) is 2.69. The molecule has 2 rings (SSSR count). The predicted octanol–water partition coefficient (Wildman–Crippen LogP) is 2.22. The number of esters is 1. The maximum atomic E-state index is 11.3. The summed E-state index contributed by atoms with van der Waals surface area (Å²) in [5, 5.41) is 0. The first kappa shape index (κ1) is 11.1. The van der Waals surface area contributed by atoms with Crippen molar-refractivity contribution in [3.63, 3.8) is 0 Å². The molecule has 0 spiro atoms. The second-order valence-electron chi connectivity index (χ2n) is 3.48. The van der Waals surface area contributed by atoms with E-state index >= 15 is 0 Å². The van der Waals surface area contributed by atoms with E-state index in [9.17, 15) is 4.79 Å². The Bertz CT molecular complexity index is 595. The molecule has 0 aliphatic carbocycles. The standard InChI is InChI=1S/C12H11N3O2/c1-3-17-12(16)7-11-14-9-5-4-8(13-2)6-10(9)15-11/h4-6H,3,7H2,1H3,(H,14,15). The van der Waals surface area contributed by atoms with E-state index in [0.717, 1.165) is 11.0 Å². The molecule has 5 nitrogen and oxygen atoms in total. The molecular weight excluding hydrogens is 218 g/mol. The van der Waals surface area contributed by atoms with E-state index in [2.05, 4.69) is 14.8 Å². The van der Waals surface area contributed by atoms with Crippen molar-refractivity contribution in [1.82, 2.24) is 9.97 Å². The van der Waals surface area contributed by atoms with Crippen LogP contribution in [0, 0.1) is 6.57 Å². The number of hydrogen-bond acceptors (Lipinski definition) is 3. The Labute approximate surface area is 98.2 Å². The van der Waals surface area contributed by atoms with Crippen LogP contribution in [-0.2, 0) is 16.0 Å². The molecule has 1 aromatic heterocycles. The van der Waals surface area contributed by atoms with Crippen LogP contribution in [0.1, 0.15) is 12.7 Å². The number of nitrogens with zero attached hydrogens (tertiary/aromatic N) is 2. The first-order chi connectivity index (χ1) is 8.22. The topological polar surface area (TPSA) is 59.3 Å². The van der Waals surface area contributed by atoms with Gasteiger partial charge in [-0.1, -0.05) is 6.07 Å². The Morgan fingerprint density at radius 2 is 2.41 bits per heavy atom. The number of carbonyl (C=O) groups is 1. The molecule has 1 heterocycles. The molecule has 0 aliphatic heterocycles. The summed E-state index contributed by atoms with van der Waals surface area (Å²) in [5.41, 5.74) is 2.05. The third-order valence-electron chi connectivity index (χ3n) is 2.26. The highest BCUT2D eigenvalue weighted by molar-refractivity contribution is 5.81. The van der Waals surface area contributed by atoms with Gasteiger partial charge in [0, 0.05) is 0 Å². The Balaban J connectivity index is 2.26. The van der Waals surface area contributed by atoms with Crippen LogP contribution in [0.25, 0.3) is 15.9 Å². The van der Waals surface area contributed by atoms with Gasteiger partial charge in [0.25, 0.3) is 0 Å². The molecule has 5 heteroatoms. The highest BCUT2D eigenvalue weighted by Gasteiger charge is 2.08. The molecule has 0 unspecified atom stereocenters. The van der Waals surface area contributed by atoms with Gasteiger partial charge in [0.05, 0.1) is 24.2 Å². The number of fused-ring (bicyclic) bond motifs is 1. The normalized spacial score (nSPS) is 10.1. The monoisotopic (exact) mass is 229 g/mol. The lowest BCUT2D eigenvalue weighted by Crippen LogP contribution is -2.08. The molecule has 1 N–H and O–H groups in total. The third-order valence-corrected chi connectivity index (χ3v) is 2.26. The number of ether oxygens (including phenoxy) is 1. The number of hydrogen-bond donors (Lipinski definition) is 1. The van der Waals surface area contributed by atoms with Crippen molar-refractivity contribution < 1.29 is 9.53 Å². The summed E-state index contributed by atoms with van der Waals surface area (Å²) < 4.78 is 4.84. The van der Waals surface area contributed by atoms with E-state index in [-0.39, 0.29) is 12.4 Å². The fourth-order valence-corrected chi connectivity index (χ4v) is 1.55. The molecule has 0 radical (unpaired) electrons. The van der Waals surface area contributed by atoms with Crippen LogP contribution in [0.3, 0.4) is 0 Å². The maximum absolute atomic E-state index is 11.3. The molecule has 0 atom stereocenters. The molecule has 0 saturated carbocycles. The Kier molecular flexibility index (Phi) is 3.06. The molecule has 0 fully saturated rings. The van der Waals surface area contributed by atoms with Gasteiger partial charge in [0.1, 0.15) is 12.2 Å². The second kappa shape index (κ2) is 4.66. The average molecular weight is 229 g/mol. The quantitative estimate of drug-likeness (QED) is 0.648. The number of aromatic amines is 1. The van der Waals surface area contributed by atoms with Gasteiger partial charge >= 0.3 is 5.97 Å². The van der Waals surface area contributed by atoms with Crippen LogP contribution in [-0.4, -0.2) is 22.5 Å². The van der Waals surface area contributed by atoms with E-state index in [1.54, 1.807) is 25.1 Å². The Morgan fingerprint density at radius 1 is 1.59 bits per heavy atom. The lowest BCUT2D eigenvalue weighted by atomic mass is 10.3. The second-order valence-corrected chi connectivity index (χ2v) is 3.48. The summed E-state index contributed by atoms with van der Waals surface area (Å²) >= 11 is 0. The minimum absolute atomic E-state index is 0.121. The molecule has 0 saturated heterocycles. The number of aromatic nitrogens is 2. The van der Waals surface area contributed by atoms with E-state index in [1.807, 2.05) is 0 Å². The predicted molar refractivity (Wildman–Crippen MR) is 62.7 cm³/mol. The smallest absolute Gasteiger partial charge is 0.313 e. The van der Waals surface area contributed by atoms with Gasteiger partial charge in [0.15, 0.2) is 5.69 Å². The van der Waals surface area contributed by atoms with Crippen molar-refractivity contribution in [3.8, 4) is 0 Å². The van der Waals surface area contributed by atoms with Gasteiger partial charge in [-0.15, -0.1) is 0 Å². The molecule has 86 valence electrons. The number of H-pyrrole nitrogens is 1. The fourth-order valence-electron chi connectivity index (χ4n) is 1.55. The molecular formula is C12H11N3O2. The van der Waals surface area contributed by atoms with Crippen LogP contribution >= 0.6 is 0 Å². The van der Waals surface area contributed by atoms with Gasteiger partial charge < -0.3 is 9.72 Å². The zero-order valence-electron chi connectivity index (χ0n) is 9.36. The highest BCUT2D eigenvalue weighted by atomic mass is 16.5. The van der Waals surface area contributed by atoms with E-state index in [1.165, 1.54) is 0 Å². The number of nitrogens with one attached hydrogen (secondary N) is 1. The number of imidazole rings is 1. The van der Waals surface area contributed by atoms with Gasteiger partial charge in [-0.05, 0) is 19.1 Å². The minimum atomic E-state index is -0.308. The summed E-state index contributed by atoms with van der Waals surface area (Å²) in [7, 11) is 0. The largest absolute Gasteiger partial charge is 0.466 e. The Morgan fingerprint density at radius 3 is 3.12 bits per heavy atom. The van der Waals surface area contributed by atoms with Crippen LogP contribution in [0.2, 0.25) is 0 Å². The van der Waals surface area contributed by atoms with Crippen molar-refractivity contribution in [2.75, 3.05) is 6.61 Å². The van der Waals surface area contributed by atoms with Crippen molar-refractivity contribution in [1.29, 1.82) is 0 Å². The summed E-state index contributed by atoms with van der Waals surface area (Å²) in [6, 6.07) is 5.17. The SMILES string of the molecule is [C-]#[N+]c1ccc2nc(CC(=O)OCC)[nH]c2c1. The van der Waals surface area contributed by atoms with Crippen LogP contribution in [0.5, 0.6) is 0 Å². The van der Waals surface area contributed by atoms with Gasteiger partial charge in [0.2, 0.25) is 0 Å². The number of benzene rings is 1.